The molecule has 0 fully saturated rings. The number of pyridine rings is 1. The van der Waals surface area contributed by atoms with Gasteiger partial charge in [-0.05, 0) is 6.26 Å². The van der Waals surface area contributed by atoms with Gasteiger partial charge in [0.15, 0.2) is 10.9 Å². The molecule has 0 radical (unpaired) electrons. The molecule has 22 heavy (non-hydrogen) atoms. The summed E-state index contributed by atoms with van der Waals surface area (Å²) in [4.78, 5) is 25.4. The van der Waals surface area contributed by atoms with Crippen LogP contribution in [0.15, 0.2) is 41.7 Å². The molecule has 2 N–H and O–H groups in total. The molecule has 0 bridgehead atoms. The minimum atomic E-state index is -0.238. The largest absolute Gasteiger partial charge is 0.383 e. The molecule has 0 saturated heterocycles. The third-order valence-electron chi connectivity index (χ3n) is 3.15. The van der Waals surface area contributed by atoms with Gasteiger partial charge in [-0.2, -0.15) is 0 Å². The summed E-state index contributed by atoms with van der Waals surface area (Å²) in [5.41, 5.74) is 7.12. The minimum Gasteiger partial charge on any atom is -0.383 e. The van der Waals surface area contributed by atoms with Crippen LogP contribution in [0.4, 0.5) is 5.82 Å². The Balaban J connectivity index is 2.30. The molecule has 3 aromatic rings. The zero-order valence-electron chi connectivity index (χ0n) is 11.6. The van der Waals surface area contributed by atoms with Crippen molar-refractivity contribution in [2.24, 2.45) is 0 Å². The smallest absolute Gasteiger partial charge is 0.198 e. The van der Waals surface area contributed by atoms with E-state index in [-0.39, 0.29) is 22.3 Å². The number of anilines is 1. The summed E-state index contributed by atoms with van der Waals surface area (Å²) in [7, 11) is 0. The molecule has 0 aliphatic rings. The van der Waals surface area contributed by atoms with E-state index in [2.05, 4.69) is 15.0 Å². The standard InChI is InChI=1S/C15H11ClN4OS/c1-22-15-19-11-9(13(16)20-15)7-18-14(17)10(11)12(21)8-5-3-2-4-6-8/h2-7H,1H3,(H2,17,18). The van der Waals surface area contributed by atoms with Gasteiger partial charge in [-0.3, -0.25) is 4.79 Å². The van der Waals surface area contributed by atoms with Crippen LogP contribution in [0.3, 0.4) is 0 Å². The average molecular weight is 331 g/mol. The quantitative estimate of drug-likeness (QED) is 0.344. The molecule has 0 spiro atoms. The molecule has 5 nitrogen and oxygen atoms in total. The maximum atomic E-state index is 12.8. The number of thioether (sulfide) groups is 1. The summed E-state index contributed by atoms with van der Waals surface area (Å²) in [6, 6.07) is 8.86. The van der Waals surface area contributed by atoms with Crippen molar-refractivity contribution < 1.29 is 4.79 Å². The Labute approximate surface area is 135 Å². The summed E-state index contributed by atoms with van der Waals surface area (Å²) in [6.07, 6.45) is 3.32. The van der Waals surface area contributed by atoms with Gasteiger partial charge in [-0.1, -0.05) is 53.7 Å². The molecule has 0 atom stereocenters. The van der Waals surface area contributed by atoms with Crippen LogP contribution in [-0.4, -0.2) is 27.0 Å². The van der Waals surface area contributed by atoms with Crippen LogP contribution in [0.2, 0.25) is 5.15 Å². The van der Waals surface area contributed by atoms with Crippen LogP contribution < -0.4 is 5.73 Å². The number of nitrogen functional groups attached to an aromatic ring is 1. The SMILES string of the molecule is CSc1nc(Cl)c2cnc(N)c(C(=O)c3ccccc3)c2n1. The van der Waals surface area contributed by atoms with Gasteiger partial charge in [0, 0.05) is 11.8 Å². The zero-order valence-corrected chi connectivity index (χ0v) is 13.1. The summed E-state index contributed by atoms with van der Waals surface area (Å²) in [5.74, 6) is -0.110. The number of hydrogen-bond acceptors (Lipinski definition) is 6. The third kappa shape index (κ3) is 2.51. The molecule has 110 valence electrons. The van der Waals surface area contributed by atoms with Crippen molar-refractivity contribution in [1.29, 1.82) is 0 Å². The number of ketones is 1. The molecule has 0 aliphatic heterocycles. The number of rotatable bonds is 3. The maximum absolute atomic E-state index is 12.8. The topological polar surface area (TPSA) is 81.8 Å². The normalized spacial score (nSPS) is 10.8. The van der Waals surface area contributed by atoms with Crippen molar-refractivity contribution in [3.63, 3.8) is 0 Å². The van der Waals surface area contributed by atoms with Gasteiger partial charge < -0.3 is 5.73 Å². The Kier molecular flexibility index (Phi) is 3.96. The average Bonchev–Trinajstić information content (AvgIpc) is 2.54. The number of nitrogens with two attached hydrogens (primary N) is 1. The van der Waals surface area contributed by atoms with Crippen LogP contribution in [0.1, 0.15) is 15.9 Å². The van der Waals surface area contributed by atoms with E-state index >= 15 is 0 Å². The Morgan fingerprint density at radius 1 is 1.23 bits per heavy atom. The molecular formula is C15H11ClN4OS. The van der Waals surface area contributed by atoms with E-state index in [1.807, 2.05) is 12.3 Å². The van der Waals surface area contributed by atoms with Crippen LogP contribution in [0.25, 0.3) is 10.9 Å². The Hall–Kier alpha value is -2.18. The van der Waals surface area contributed by atoms with E-state index in [4.69, 9.17) is 17.3 Å². The second kappa shape index (κ2) is 5.90. The molecule has 0 amide bonds. The first-order chi connectivity index (χ1) is 10.6. The van der Waals surface area contributed by atoms with Crippen molar-refractivity contribution >= 4 is 45.9 Å². The van der Waals surface area contributed by atoms with E-state index in [1.54, 1.807) is 24.3 Å². The van der Waals surface area contributed by atoms with E-state index < -0.39 is 0 Å². The number of halogens is 1. The van der Waals surface area contributed by atoms with Gasteiger partial charge in [-0.25, -0.2) is 15.0 Å². The van der Waals surface area contributed by atoms with Gasteiger partial charge in [0.25, 0.3) is 0 Å². The fraction of sp³-hybridized carbons (Fsp3) is 0.0667. The van der Waals surface area contributed by atoms with Crippen LogP contribution in [0, 0.1) is 0 Å². The lowest BCUT2D eigenvalue weighted by Crippen LogP contribution is -2.09. The monoisotopic (exact) mass is 330 g/mol. The van der Waals surface area contributed by atoms with Crippen molar-refractivity contribution in [1.82, 2.24) is 15.0 Å². The van der Waals surface area contributed by atoms with E-state index in [0.29, 0.717) is 21.6 Å². The number of nitrogens with zero attached hydrogens (tertiary/aromatic N) is 3. The molecule has 0 saturated carbocycles. The van der Waals surface area contributed by atoms with Gasteiger partial charge in [0.05, 0.1) is 16.5 Å². The Morgan fingerprint density at radius 2 is 1.95 bits per heavy atom. The highest BCUT2D eigenvalue weighted by Crippen LogP contribution is 2.29. The van der Waals surface area contributed by atoms with Gasteiger partial charge in [0.2, 0.25) is 0 Å². The first-order valence-corrected chi connectivity index (χ1v) is 7.97. The molecule has 7 heteroatoms. The minimum absolute atomic E-state index is 0.128. The lowest BCUT2D eigenvalue weighted by atomic mass is 10.0. The van der Waals surface area contributed by atoms with E-state index in [1.165, 1.54) is 18.0 Å². The fourth-order valence-corrected chi connectivity index (χ4v) is 2.73. The number of benzene rings is 1. The van der Waals surface area contributed by atoms with Crippen LogP contribution in [0.5, 0.6) is 0 Å². The van der Waals surface area contributed by atoms with Crippen molar-refractivity contribution in [3.8, 4) is 0 Å². The summed E-state index contributed by atoms with van der Waals surface area (Å²) in [5, 5.41) is 1.24. The molecule has 3 rings (SSSR count). The van der Waals surface area contributed by atoms with Crippen LogP contribution in [-0.2, 0) is 0 Å². The summed E-state index contributed by atoms with van der Waals surface area (Å²) >= 11 is 7.50. The van der Waals surface area contributed by atoms with Crippen molar-refractivity contribution in [2.75, 3.05) is 12.0 Å². The first kappa shape index (κ1) is 14.7. The van der Waals surface area contributed by atoms with Gasteiger partial charge >= 0.3 is 0 Å². The highest BCUT2D eigenvalue weighted by atomic mass is 35.5. The number of fused-ring (bicyclic) bond motifs is 1. The van der Waals surface area contributed by atoms with Gasteiger partial charge in [0.1, 0.15) is 11.0 Å². The Bertz CT molecular complexity index is 870. The number of carbonyl (C=O) groups excluding carboxylic acids is 1. The first-order valence-electron chi connectivity index (χ1n) is 6.37. The lowest BCUT2D eigenvalue weighted by molar-refractivity contribution is 0.104. The molecule has 1 aromatic carbocycles. The highest BCUT2D eigenvalue weighted by molar-refractivity contribution is 7.98. The molecule has 0 unspecified atom stereocenters. The van der Waals surface area contributed by atoms with Crippen LogP contribution >= 0.6 is 23.4 Å². The number of hydrogen-bond donors (Lipinski definition) is 1. The fourth-order valence-electron chi connectivity index (χ4n) is 2.10. The van der Waals surface area contributed by atoms with E-state index in [9.17, 15) is 4.79 Å². The lowest BCUT2D eigenvalue weighted by Gasteiger charge is -2.09. The highest BCUT2D eigenvalue weighted by Gasteiger charge is 2.20. The second-order valence-electron chi connectivity index (χ2n) is 4.48. The Morgan fingerprint density at radius 3 is 2.64 bits per heavy atom. The maximum Gasteiger partial charge on any atom is 0.198 e. The summed E-state index contributed by atoms with van der Waals surface area (Å²) in [6.45, 7) is 0. The predicted octanol–water partition coefficient (Wildman–Crippen LogP) is 3.21. The molecular weight excluding hydrogens is 320 g/mol. The number of aromatic nitrogens is 3. The second-order valence-corrected chi connectivity index (χ2v) is 5.61. The molecule has 0 aliphatic carbocycles. The summed E-state index contributed by atoms with van der Waals surface area (Å²) < 4.78 is 0. The zero-order chi connectivity index (χ0) is 15.7. The molecule has 2 heterocycles. The molecule has 2 aromatic heterocycles. The number of carbonyl (C=O) groups is 1. The van der Waals surface area contributed by atoms with E-state index in [0.717, 1.165) is 0 Å². The third-order valence-corrected chi connectivity index (χ3v) is 3.99. The van der Waals surface area contributed by atoms with Crippen molar-refractivity contribution in [3.05, 3.63) is 52.8 Å². The predicted molar refractivity (Wildman–Crippen MR) is 88.4 cm³/mol. The van der Waals surface area contributed by atoms with Gasteiger partial charge in [-0.15, -0.1) is 0 Å². The van der Waals surface area contributed by atoms with Crippen molar-refractivity contribution in [2.45, 2.75) is 5.16 Å².